The van der Waals surface area contributed by atoms with Gasteiger partial charge >= 0.3 is 6.18 Å². The van der Waals surface area contributed by atoms with E-state index in [-0.39, 0.29) is 36.3 Å². The largest absolute Gasteiger partial charge is 0.491 e. The van der Waals surface area contributed by atoms with Crippen molar-refractivity contribution in [1.29, 1.82) is 0 Å². The summed E-state index contributed by atoms with van der Waals surface area (Å²) in [4.78, 5) is 10.5. The van der Waals surface area contributed by atoms with Crippen molar-refractivity contribution in [2.75, 3.05) is 39.2 Å². The maximum atomic E-state index is 12.9. The van der Waals surface area contributed by atoms with E-state index in [4.69, 9.17) is 4.74 Å². The highest BCUT2D eigenvalue weighted by Crippen LogP contribution is 2.35. The summed E-state index contributed by atoms with van der Waals surface area (Å²) in [6.45, 7) is 0.850. The van der Waals surface area contributed by atoms with Gasteiger partial charge in [-0.05, 0) is 12.1 Å². The van der Waals surface area contributed by atoms with Gasteiger partial charge in [-0.15, -0.1) is 35.3 Å². The van der Waals surface area contributed by atoms with Gasteiger partial charge in [-0.2, -0.15) is 13.2 Å². The third kappa shape index (κ3) is 7.34. The van der Waals surface area contributed by atoms with Crippen LogP contribution in [0.1, 0.15) is 11.3 Å². The number of hydrogen-bond donors (Lipinski definition) is 2. The summed E-state index contributed by atoms with van der Waals surface area (Å²) in [5.41, 5.74) is 0.0924. The molecule has 0 aliphatic rings. The summed E-state index contributed by atoms with van der Waals surface area (Å²) >= 11 is 1.54. The van der Waals surface area contributed by atoms with Crippen LogP contribution >= 0.6 is 35.3 Å². The van der Waals surface area contributed by atoms with Crippen molar-refractivity contribution in [3.63, 3.8) is 0 Å². The monoisotopic (exact) mass is 529 g/mol. The first-order valence-corrected chi connectivity index (χ1v) is 9.04. The SMILES string of the molecule is CN=C(NCCOc1ccccc1C(F)(F)F)NCc1csc(N(C)C)n1.I. The van der Waals surface area contributed by atoms with Gasteiger partial charge in [0.05, 0.1) is 24.3 Å². The van der Waals surface area contributed by atoms with E-state index < -0.39 is 11.7 Å². The Morgan fingerprint density at radius 3 is 2.57 bits per heavy atom. The number of nitrogens with one attached hydrogen (secondary N) is 2. The zero-order valence-electron chi connectivity index (χ0n) is 15.7. The van der Waals surface area contributed by atoms with E-state index in [2.05, 4.69) is 20.6 Å². The predicted molar refractivity (Wildman–Crippen MR) is 117 cm³/mol. The van der Waals surface area contributed by atoms with E-state index in [9.17, 15) is 13.2 Å². The molecule has 0 unspecified atom stereocenters. The lowest BCUT2D eigenvalue weighted by atomic mass is 10.2. The van der Waals surface area contributed by atoms with Crippen molar-refractivity contribution < 1.29 is 17.9 Å². The highest BCUT2D eigenvalue weighted by molar-refractivity contribution is 14.0. The summed E-state index contributed by atoms with van der Waals surface area (Å²) < 4.78 is 44.0. The number of rotatable bonds is 7. The first-order valence-electron chi connectivity index (χ1n) is 8.16. The summed E-state index contributed by atoms with van der Waals surface area (Å²) in [5.74, 6) is 0.329. The third-order valence-corrected chi connectivity index (χ3v) is 4.48. The number of para-hydroxylation sites is 1. The highest BCUT2D eigenvalue weighted by Gasteiger charge is 2.33. The average Bonchev–Trinajstić information content (AvgIpc) is 3.10. The summed E-state index contributed by atoms with van der Waals surface area (Å²) in [5, 5.41) is 8.96. The number of alkyl halides is 3. The Bertz CT molecular complexity index is 767. The normalized spacial score (nSPS) is 11.6. The van der Waals surface area contributed by atoms with Gasteiger partial charge in [-0.25, -0.2) is 4.98 Å². The van der Waals surface area contributed by atoms with Crippen LogP contribution < -0.4 is 20.3 Å². The first kappa shape index (κ1) is 24.3. The van der Waals surface area contributed by atoms with Crippen LogP contribution in [0.3, 0.4) is 0 Å². The molecule has 6 nitrogen and oxygen atoms in total. The quantitative estimate of drug-likeness (QED) is 0.249. The Morgan fingerprint density at radius 2 is 1.96 bits per heavy atom. The number of nitrogens with zero attached hydrogens (tertiary/aromatic N) is 3. The molecular weight excluding hydrogens is 506 g/mol. The molecule has 1 aromatic heterocycles. The van der Waals surface area contributed by atoms with Gasteiger partial charge in [0.1, 0.15) is 12.4 Å². The Balaban J connectivity index is 0.00000392. The Kier molecular flexibility index (Phi) is 9.79. The van der Waals surface area contributed by atoms with Crippen LogP contribution in [0.4, 0.5) is 18.3 Å². The molecule has 1 aromatic carbocycles. The van der Waals surface area contributed by atoms with Gasteiger partial charge in [0.15, 0.2) is 11.1 Å². The Hall–Kier alpha value is -1.76. The van der Waals surface area contributed by atoms with Crippen molar-refractivity contribution in [3.8, 4) is 5.75 Å². The fourth-order valence-electron chi connectivity index (χ4n) is 2.13. The molecule has 2 aromatic rings. The molecule has 0 atom stereocenters. The number of guanidine groups is 1. The highest BCUT2D eigenvalue weighted by atomic mass is 127. The molecule has 11 heteroatoms. The maximum Gasteiger partial charge on any atom is 0.419 e. The van der Waals surface area contributed by atoms with Crippen LogP contribution in [0.5, 0.6) is 5.75 Å². The summed E-state index contributed by atoms with van der Waals surface area (Å²) in [6, 6.07) is 5.15. The Morgan fingerprint density at radius 1 is 1.25 bits per heavy atom. The molecule has 0 aliphatic carbocycles. The third-order valence-electron chi connectivity index (χ3n) is 3.43. The van der Waals surface area contributed by atoms with Crippen molar-refractivity contribution in [2.24, 2.45) is 4.99 Å². The standard InChI is InChI=1S/C17H22F3N5OS.HI/c1-21-15(23-10-12-11-27-16(24-12)25(2)3)22-8-9-26-14-7-5-4-6-13(14)17(18,19)20;/h4-7,11H,8-10H2,1-3H3,(H2,21,22,23);1H. The van der Waals surface area contributed by atoms with E-state index in [1.165, 1.54) is 18.2 Å². The number of thiazole rings is 1. The van der Waals surface area contributed by atoms with Crippen molar-refractivity contribution in [1.82, 2.24) is 15.6 Å². The maximum absolute atomic E-state index is 12.9. The molecule has 0 bridgehead atoms. The lowest BCUT2D eigenvalue weighted by molar-refractivity contribution is -0.138. The predicted octanol–water partition coefficient (Wildman–Crippen LogP) is 3.59. The second kappa shape index (κ2) is 11.3. The van der Waals surface area contributed by atoms with Crippen LogP contribution in [0, 0.1) is 0 Å². The van der Waals surface area contributed by atoms with Crippen LogP contribution in [0.15, 0.2) is 34.6 Å². The lowest BCUT2D eigenvalue weighted by Gasteiger charge is -2.15. The van der Waals surface area contributed by atoms with Gasteiger partial charge in [-0.3, -0.25) is 4.99 Å². The molecule has 28 heavy (non-hydrogen) atoms. The first-order chi connectivity index (χ1) is 12.8. The molecule has 0 amide bonds. The summed E-state index contributed by atoms with van der Waals surface area (Å²) in [7, 11) is 5.46. The van der Waals surface area contributed by atoms with E-state index in [0.717, 1.165) is 16.9 Å². The molecule has 0 saturated heterocycles. The minimum atomic E-state index is -4.44. The number of hydrogen-bond acceptors (Lipinski definition) is 5. The number of aliphatic imine (C=N–C) groups is 1. The van der Waals surface area contributed by atoms with Crippen LogP contribution in [0.25, 0.3) is 0 Å². The van der Waals surface area contributed by atoms with Gasteiger partial charge in [0.2, 0.25) is 0 Å². The molecule has 0 radical (unpaired) electrons. The zero-order valence-corrected chi connectivity index (χ0v) is 18.9. The molecule has 0 aliphatic heterocycles. The van der Waals surface area contributed by atoms with Crippen LogP contribution in [-0.4, -0.2) is 45.2 Å². The molecule has 0 spiro atoms. The molecule has 156 valence electrons. The van der Waals surface area contributed by atoms with Crippen LogP contribution in [-0.2, 0) is 12.7 Å². The number of aromatic nitrogens is 1. The lowest BCUT2D eigenvalue weighted by Crippen LogP contribution is -2.39. The van der Waals surface area contributed by atoms with E-state index in [1.807, 2.05) is 24.4 Å². The van der Waals surface area contributed by atoms with Crippen molar-refractivity contribution >= 4 is 46.4 Å². The second-order valence-corrected chi connectivity index (χ2v) is 6.55. The van der Waals surface area contributed by atoms with Gasteiger partial charge in [0.25, 0.3) is 0 Å². The van der Waals surface area contributed by atoms with Gasteiger partial charge < -0.3 is 20.3 Å². The fourth-order valence-corrected chi connectivity index (χ4v) is 2.89. The second-order valence-electron chi connectivity index (χ2n) is 5.71. The van der Waals surface area contributed by atoms with E-state index in [0.29, 0.717) is 19.0 Å². The van der Waals surface area contributed by atoms with E-state index in [1.54, 1.807) is 18.4 Å². The van der Waals surface area contributed by atoms with Crippen LogP contribution in [0.2, 0.25) is 0 Å². The minimum absolute atomic E-state index is 0. The molecular formula is C17H23F3IN5OS. The van der Waals surface area contributed by atoms with Crippen molar-refractivity contribution in [2.45, 2.75) is 12.7 Å². The molecule has 2 rings (SSSR count). The Labute approximate surface area is 183 Å². The molecule has 1 heterocycles. The minimum Gasteiger partial charge on any atom is -0.491 e. The van der Waals surface area contributed by atoms with Crippen molar-refractivity contribution in [3.05, 3.63) is 40.9 Å². The van der Waals surface area contributed by atoms with Gasteiger partial charge in [0, 0.05) is 26.5 Å². The summed E-state index contributed by atoms with van der Waals surface area (Å²) in [6.07, 6.45) is -4.44. The number of benzene rings is 1. The molecule has 2 N–H and O–H groups in total. The van der Waals surface area contributed by atoms with E-state index >= 15 is 0 Å². The molecule has 0 saturated carbocycles. The number of halogens is 4. The topological polar surface area (TPSA) is 61.8 Å². The number of anilines is 1. The number of ether oxygens (including phenoxy) is 1. The van der Waals surface area contributed by atoms with Gasteiger partial charge in [-0.1, -0.05) is 12.1 Å². The fraction of sp³-hybridized carbons (Fsp3) is 0.412. The molecule has 0 fully saturated rings. The average molecular weight is 529 g/mol. The smallest absolute Gasteiger partial charge is 0.419 e. The zero-order chi connectivity index (χ0) is 19.9.